The van der Waals surface area contributed by atoms with Gasteiger partial charge in [-0.3, -0.25) is 14.9 Å². The maximum Gasteiger partial charge on any atom is 0.272 e. The average molecular weight is 293 g/mol. The van der Waals surface area contributed by atoms with Crippen LogP contribution >= 0.6 is 0 Å². The monoisotopic (exact) mass is 293 g/mol. The van der Waals surface area contributed by atoms with Crippen molar-refractivity contribution >= 4 is 17.3 Å². The number of rotatable bonds is 4. The molecule has 1 fully saturated rings. The summed E-state index contributed by atoms with van der Waals surface area (Å²) < 4.78 is 5.28. The summed E-state index contributed by atoms with van der Waals surface area (Å²) in [5, 5.41) is 13.6. The van der Waals surface area contributed by atoms with Crippen LogP contribution < -0.4 is 11.1 Å². The summed E-state index contributed by atoms with van der Waals surface area (Å²) in [7, 11) is 0. The topological polar surface area (TPSA) is 107 Å². The summed E-state index contributed by atoms with van der Waals surface area (Å²) in [6, 6.07) is 4.52. The minimum atomic E-state index is -0.617. The Bertz CT molecular complexity index is 553. The number of hydrogen-bond acceptors (Lipinski definition) is 5. The van der Waals surface area contributed by atoms with Gasteiger partial charge in [0, 0.05) is 37.1 Å². The van der Waals surface area contributed by atoms with Crippen molar-refractivity contribution in [2.75, 3.05) is 25.1 Å². The second kappa shape index (κ2) is 6.19. The maximum absolute atomic E-state index is 12.5. The largest absolute Gasteiger partial charge is 0.381 e. The highest BCUT2D eigenvalue weighted by molar-refractivity contribution is 5.95. The molecule has 7 heteroatoms. The number of ether oxygens (including phenoxy) is 1. The summed E-state index contributed by atoms with van der Waals surface area (Å²) in [5.41, 5.74) is 6.25. The second-order valence-electron chi connectivity index (χ2n) is 5.31. The third-order valence-corrected chi connectivity index (χ3v) is 3.97. The Kier molecular flexibility index (Phi) is 4.54. The quantitative estimate of drug-likeness (QED) is 0.647. The highest BCUT2D eigenvalue weighted by Crippen LogP contribution is 2.31. The first-order valence-corrected chi connectivity index (χ1v) is 6.83. The molecule has 1 aromatic carbocycles. The predicted molar refractivity (Wildman–Crippen MR) is 78.0 cm³/mol. The van der Waals surface area contributed by atoms with Crippen LogP contribution in [0.3, 0.4) is 0 Å². The van der Waals surface area contributed by atoms with E-state index in [1.54, 1.807) is 13.0 Å². The first kappa shape index (κ1) is 15.4. The van der Waals surface area contributed by atoms with Gasteiger partial charge in [0.1, 0.15) is 0 Å². The van der Waals surface area contributed by atoms with Crippen LogP contribution in [-0.4, -0.2) is 30.6 Å². The number of aryl methyl sites for hydroxylation is 1. The molecule has 0 aliphatic carbocycles. The van der Waals surface area contributed by atoms with Crippen LogP contribution in [0.1, 0.15) is 18.4 Å². The van der Waals surface area contributed by atoms with E-state index in [0.717, 1.165) is 0 Å². The van der Waals surface area contributed by atoms with E-state index in [1.165, 1.54) is 12.1 Å². The zero-order chi connectivity index (χ0) is 15.5. The van der Waals surface area contributed by atoms with E-state index in [1.807, 2.05) is 0 Å². The fourth-order valence-corrected chi connectivity index (χ4v) is 2.49. The number of carbonyl (C=O) groups excluding carboxylic acids is 1. The van der Waals surface area contributed by atoms with E-state index in [9.17, 15) is 14.9 Å². The lowest BCUT2D eigenvalue weighted by Crippen LogP contribution is -2.46. The Morgan fingerprint density at radius 3 is 2.67 bits per heavy atom. The second-order valence-corrected chi connectivity index (χ2v) is 5.31. The highest BCUT2D eigenvalue weighted by Gasteiger charge is 2.38. The van der Waals surface area contributed by atoms with Crippen LogP contribution in [0.4, 0.5) is 11.4 Å². The van der Waals surface area contributed by atoms with Crippen LogP contribution in [-0.2, 0) is 9.53 Å². The molecule has 1 aliphatic rings. The van der Waals surface area contributed by atoms with E-state index in [4.69, 9.17) is 10.5 Å². The highest BCUT2D eigenvalue weighted by atomic mass is 16.6. The zero-order valence-corrected chi connectivity index (χ0v) is 11.9. The van der Waals surface area contributed by atoms with Gasteiger partial charge in [0.05, 0.1) is 10.3 Å². The number of anilines is 1. The number of nitrogens with two attached hydrogens (primary N) is 1. The van der Waals surface area contributed by atoms with E-state index in [-0.39, 0.29) is 18.1 Å². The number of nitrogens with one attached hydrogen (secondary N) is 1. The van der Waals surface area contributed by atoms with Gasteiger partial charge in [-0.05, 0) is 31.9 Å². The molecule has 0 atom stereocenters. The molecule has 0 aromatic heterocycles. The summed E-state index contributed by atoms with van der Waals surface area (Å²) in [6.07, 6.45) is 1.17. The molecule has 1 saturated heterocycles. The Balaban J connectivity index is 2.15. The molecule has 1 aromatic rings. The van der Waals surface area contributed by atoms with Gasteiger partial charge in [0.15, 0.2) is 0 Å². The average Bonchev–Trinajstić information content (AvgIpc) is 2.47. The number of nitro benzene ring substituents is 1. The molecule has 7 nitrogen and oxygen atoms in total. The molecule has 0 radical (unpaired) electrons. The molecule has 0 unspecified atom stereocenters. The number of nitrogens with zero attached hydrogens (tertiary/aromatic N) is 1. The standard InChI is InChI=1S/C14H19N3O4/c1-10-8-11(2-3-12(10)17(19)20)16-13(18)14(9-15)4-6-21-7-5-14/h2-3,8H,4-7,9,15H2,1H3,(H,16,18). The minimum absolute atomic E-state index is 0.0348. The summed E-state index contributed by atoms with van der Waals surface area (Å²) in [6.45, 7) is 2.93. The number of carbonyl (C=O) groups is 1. The van der Waals surface area contributed by atoms with E-state index >= 15 is 0 Å². The number of amides is 1. The molecular weight excluding hydrogens is 274 g/mol. The molecule has 1 aliphatic heterocycles. The van der Waals surface area contributed by atoms with Gasteiger partial charge in [-0.1, -0.05) is 0 Å². The van der Waals surface area contributed by atoms with E-state index in [2.05, 4.69) is 5.32 Å². The third-order valence-electron chi connectivity index (χ3n) is 3.97. The fourth-order valence-electron chi connectivity index (χ4n) is 2.49. The molecule has 1 amide bonds. The van der Waals surface area contributed by atoms with Crippen molar-refractivity contribution in [3.63, 3.8) is 0 Å². The lowest BCUT2D eigenvalue weighted by atomic mass is 9.79. The van der Waals surface area contributed by atoms with Crippen molar-refractivity contribution in [2.24, 2.45) is 11.1 Å². The van der Waals surface area contributed by atoms with Gasteiger partial charge >= 0.3 is 0 Å². The molecule has 0 saturated carbocycles. The molecule has 2 rings (SSSR count). The molecule has 0 bridgehead atoms. The molecule has 1 heterocycles. The minimum Gasteiger partial charge on any atom is -0.381 e. The summed E-state index contributed by atoms with van der Waals surface area (Å²) >= 11 is 0. The van der Waals surface area contributed by atoms with Crippen molar-refractivity contribution in [3.8, 4) is 0 Å². The smallest absolute Gasteiger partial charge is 0.272 e. The lowest BCUT2D eigenvalue weighted by molar-refractivity contribution is -0.385. The molecule has 3 N–H and O–H groups in total. The van der Waals surface area contributed by atoms with Crippen molar-refractivity contribution < 1.29 is 14.5 Å². The van der Waals surface area contributed by atoms with Crippen molar-refractivity contribution in [1.82, 2.24) is 0 Å². The van der Waals surface area contributed by atoms with Crippen molar-refractivity contribution in [1.29, 1.82) is 0 Å². The van der Waals surface area contributed by atoms with Gasteiger partial charge < -0.3 is 15.8 Å². The van der Waals surface area contributed by atoms with Gasteiger partial charge in [-0.25, -0.2) is 0 Å². The fraction of sp³-hybridized carbons (Fsp3) is 0.500. The number of benzene rings is 1. The summed E-state index contributed by atoms with van der Waals surface area (Å²) in [5.74, 6) is -0.151. The van der Waals surface area contributed by atoms with E-state index in [0.29, 0.717) is 37.3 Å². The normalized spacial score (nSPS) is 17.2. The van der Waals surface area contributed by atoms with Crippen LogP contribution in [0.5, 0.6) is 0 Å². The van der Waals surface area contributed by atoms with Gasteiger partial charge in [0.2, 0.25) is 5.91 Å². The predicted octanol–water partition coefficient (Wildman–Crippen LogP) is 1.60. The van der Waals surface area contributed by atoms with Crippen LogP contribution in [0.2, 0.25) is 0 Å². The first-order valence-electron chi connectivity index (χ1n) is 6.83. The molecule has 0 spiro atoms. The molecule has 114 valence electrons. The zero-order valence-electron chi connectivity index (χ0n) is 11.9. The van der Waals surface area contributed by atoms with Gasteiger partial charge in [0.25, 0.3) is 5.69 Å². The molecular formula is C14H19N3O4. The van der Waals surface area contributed by atoms with Crippen molar-refractivity contribution in [2.45, 2.75) is 19.8 Å². The third kappa shape index (κ3) is 3.20. The van der Waals surface area contributed by atoms with Crippen LogP contribution in [0, 0.1) is 22.5 Å². The first-order chi connectivity index (χ1) is 9.98. The SMILES string of the molecule is Cc1cc(NC(=O)C2(CN)CCOCC2)ccc1[N+](=O)[O-]. The summed E-state index contributed by atoms with van der Waals surface area (Å²) in [4.78, 5) is 22.8. The number of hydrogen-bond donors (Lipinski definition) is 2. The Hall–Kier alpha value is -1.99. The Labute approximate surface area is 122 Å². The van der Waals surface area contributed by atoms with Crippen LogP contribution in [0.15, 0.2) is 18.2 Å². The maximum atomic E-state index is 12.5. The van der Waals surface area contributed by atoms with Gasteiger partial charge in [-0.2, -0.15) is 0 Å². The van der Waals surface area contributed by atoms with Crippen LogP contribution in [0.25, 0.3) is 0 Å². The Morgan fingerprint density at radius 1 is 1.48 bits per heavy atom. The van der Waals surface area contributed by atoms with Gasteiger partial charge in [-0.15, -0.1) is 0 Å². The van der Waals surface area contributed by atoms with Crippen molar-refractivity contribution in [3.05, 3.63) is 33.9 Å². The van der Waals surface area contributed by atoms with E-state index < -0.39 is 10.3 Å². The lowest BCUT2D eigenvalue weighted by Gasteiger charge is -2.34. The molecule has 21 heavy (non-hydrogen) atoms. The Morgan fingerprint density at radius 2 is 2.14 bits per heavy atom. The number of nitro groups is 1.